The first kappa shape index (κ1) is 23.8. The van der Waals surface area contributed by atoms with Crippen LogP contribution in [0.1, 0.15) is 50.7 Å². The average Bonchev–Trinajstić information content (AvgIpc) is 2.34. The van der Waals surface area contributed by atoms with Crippen molar-refractivity contribution in [1.29, 1.82) is 0 Å². The zero-order valence-electron chi connectivity index (χ0n) is 17.9. The van der Waals surface area contributed by atoms with Crippen LogP contribution in [0.3, 0.4) is 0 Å². The van der Waals surface area contributed by atoms with Gasteiger partial charge in [0.2, 0.25) is 0 Å². The maximum Gasteiger partial charge on any atom is 1.00 e. The third kappa shape index (κ3) is 6.96. The molecular formula is C20H36LiNSi2. The Labute approximate surface area is 164 Å². The topological polar surface area (TPSA) is 14.1 Å². The fraction of sp³-hybridized carbons (Fsp3) is 0.600. The summed E-state index contributed by atoms with van der Waals surface area (Å²) in [6, 6.07) is 6.71. The second kappa shape index (κ2) is 8.94. The van der Waals surface area contributed by atoms with Crippen LogP contribution in [0.4, 0.5) is 5.69 Å². The molecule has 0 aliphatic heterocycles. The molecule has 1 aromatic rings. The predicted octanol–water partition coefficient (Wildman–Crippen LogP) is 4.58. The molecule has 4 heteroatoms. The average molecular weight is 354 g/mol. The molecule has 0 amide bonds. The first-order valence-corrected chi connectivity index (χ1v) is 16.0. The van der Waals surface area contributed by atoms with Crippen molar-refractivity contribution in [3.63, 3.8) is 0 Å². The Morgan fingerprint density at radius 1 is 0.875 bits per heavy atom. The van der Waals surface area contributed by atoms with Crippen molar-refractivity contribution in [2.24, 2.45) is 0 Å². The van der Waals surface area contributed by atoms with Crippen LogP contribution >= 0.6 is 0 Å². The second-order valence-corrected chi connectivity index (χ2v) is 19.4. The molecule has 0 radical (unpaired) electrons. The first-order valence-electron chi connectivity index (χ1n) is 8.91. The fourth-order valence-corrected chi connectivity index (χ4v) is 6.95. The van der Waals surface area contributed by atoms with Crippen LogP contribution in [0.5, 0.6) is 0 Å². The number of benzene rings is 1. The van der Waals surface area contributed by atoms with Crippen LogP contribution in [0, 0.1) is 0 Å². The molecule has 0 heterocycles. The number of hydrogen-bond acceptors (Lipinski definition) is 0. The summed E-state index contributed by atoms with van der Waals surface area (Å²) in [5.41, 5.74) is 6.54. The van der Waals surface area contributed by atoms with Gasteiger partial charge in [-0.2, -0.15) is 5.32 Å². The van der Waals surface area contributed by atoms with Gasteiger partial charge in [-0.1, -0.05) is 96.3 Å². The third-order valence-electron chi connectivity index (χ3n) is 3.91. The molecule has 0 aliphatic carbocycles. The van der Waals surface area contributed by atoms with Gasteiger partial charge >= 0.3 is 18.9 Å². The zero-order valence-corrected chi connectivity index (χ0v) is 19.9. The van der Waals surface area contributed by atoms with Crippen molar-refractivity contribution in [3.05, 3.63) is 45.7 Å². The van der Waals surface area contributed by atoms with Gasteiger partial charge < -0.3 is 5.32 Å². The Balaban J connectivity index is 0.00000529. The van der Waals surface area contributed by atoms with Gasteiger partial charge in [0.15, 0.2) is 0 Å². The quantitative estimate of drug-likeness (QED) is 0.665. The van der Waals surface area contributed by atoms with Crippen molar-refractivity contribution in [3.8, 4) is 0 Å². The van der Waals surface area contributed by atoms with Crippen molar-refractivity contribution in [2.45, 2.75) is 78.8 Å². The Kier molecular flexibility index (Phi) is 8.86. The van der Waals surface area contributed by atoms with E-state index in [-0.39, 0.29) is 18.9 Å². The van der Waals surface area contributed by atoms with Gasteiger partial charge in [-0.15, -0.1) is 11.4 Å². The summed E-state index contributed by atoms with van der Waals surface area (Å²) in [5, 5.41) is 6.70. The van der Waals surface area contributed by atoms with Crippen LogP contribution in [-0.2, 0) is 0 Å². The molecule has 0 spiro atoms. The van der Waals surface area contributed by atoms with Crippen LogP contribution in [0.15, 0.2) is 29.2 Å². The summed E-state index contributed by atoms with van der Waals surface area (Å²) in [4.78, 5) is 0. The van der Waals surface area contributed by atoms with Gasteiger partial charge in [-0.05, 0) is 11.8 Å². The molecular weight excluding hydrogens is 317 g/mol. The molecule has 0 fully saturated rings. The monoisotopic (exact) mass is 353 g/mol. The molecule has 0 aliphatic rings. The molecule has 24 heavy (non-hydrogen) atoms. The smallest absolute Gasteiger partial charge is 0.665 e. The summed E-state index contributed by atoms with van der Waals surface area (Å²) in [6.45, 7) is 23.5. The molecule has 0 atom stereocenters. The van der Waals surface area contributed by atoms with Crippen LogP contribution in [0.25, 0.3) is 5.32 Å². The molecule has 1 nitrogen and oxygen atoms in total. The van der Waals surface area contributed by atoms with E-state index in [2.05, 4.69) is 90.9 Å². The minimum absolute atomic E-state index is 0. The number of para-hydroxylation sites is 1. The van der Waals surface area contributed by atoms with Gasteiger partial charge in [0.25, 0.3) is 0 Å². The van der Waals surface area contributed by atoms with Crippen molar-refractivity contribution in [1.82, 2.24) is 0 Å². The van der Waals surface area contributed by atoms with Gasteiger partial charge in [0.05, 0.1) is 16.1 Å². The third-order valence-corrected chi connectivity index (χ3v) is 7.13. The Morgan fingerprint density at radius 2 is 1.29 bits per heavy atom. The van der Waals surface area contributed by atoms with Crippen molar-refractivity contribution < 1.29 is 18.9 Å². The van der Waals surface area contributed by atoms with E-state index in [1.165, 1.54) is 22.1 Å². The van der Waals surface area contributed by atoms with E-state index >= 15 is 0 Å². The van der Waals surface area contributed by atoms with Crippen LogP contribution < -0.4 is 18.9 Å². The van der Waals surface area contributed by atoms with Crippen molar-refractivity contribution in [2.75, 3.05) is 0 Å². The molecule has 1 aromatic carbocycles. The number of hydrogen-bond donors (Lipinski definition) is 0. The predicted molar refractivity (Wildman–Crippen MR) is 112 cm³/mol. The zero-order chi connectivity index (χ0) is 18.0. The summed E-state index contributed by atoms with van der Waals surface area (Å²) in [6.07, 6.45) is 0. The second-order valence-electron chi connectivity index (χ2n) is 9.35. The Morgan fingerprint density at radius 3 is 1.58 bits per heavy atom. The van der Waals surface area contributed by atoms with E-state index in [0.29, 0.717) is 11.8 Å². The molecule has 130 valence electrons. The molecule has 0 saturated heterocycles. The minimum Gasteiger partial charge on any atom is -0.665 e. The maximum absolute atomic E-state index is 5.32. The molecule has 0 N–H and O–H groups in total. The summed E-state index contributed by atoms with van der Waals surface area (Å²) in [5.74, 6) is 1.00. The van der Waals surface area contributed by atoms with E-state index in [0.717, 1.165) is 0 Å². The first-order chi connectivity index (χ1) is 10.3. The fourth-order valence-electron chi connectivity index (χ4n) is 2.59. The summed E-state index contributed by atoms with van der Waals surface area (Å²) >= 11 is 0. The van der Waals surface area contributed by atoms with E-state index in [9.17, 15) is 0 Å². The van der Waals surface area contributed by atoms with E-state index < -0.39 is 16.1 Å². The SMILES string of the molecule is CC(C)c1cccc(C(C)C)c1[N-]/C(=C/[Si](C)(C)C)[Si](C)(C)C.[Li+]. The van der Waals surface area contributed by atoms with Gasteiger partial charge in [-0.3, -0.25) is 0 Å². The van der Waals surface area contributed by atoms with Crippen LogP contribution in [0.2, 0.25) is 39.3 Å². The van der Waals surface area contributed by atoms with Gasteiger partial charge in [-0.25, -0.2) is 0 Å². The Hall–Kier alpha value is -0.209. The number of nitrogens with zero attached hydrogens (tertiary/aromatic N) is 1. The maximum atomic E-state index is 5.32. The molecule has 0 bridgehead atoms. The van der Waals surface area contributed by atoms with E-state index in [1.807, 2.05) is 0 Å². The summed E-state index contributed by atoms with van der Waals surface area (Å²) < 4.78 is 0. The molecule has 0 aromatic heterocycles. The minimum atomic E-state index is -1.47. The van der Waals surface area contributed by atoms with E-state index in [4.69, 9.17) is 5.32 Å². The summed E-state index contributed by atoms with van der Waals surface area (Å²) in [7, 11) is -2.76. The molecule has 0 unspecified atom stereocenters. The van der Waals surface area contributed by atoms with Gasteiger partial charge in [0.1, 0.15) is 0 Å². The largest absolute Gasteiger partial charge is 1.00 e. The standard InChI is InChI=1S/C20H36NSi2.Li/c1-15(2)17-12-11-13-18(16(3)4)20(17)21-19(23(8,9)10)14-22(5,6)7;/h11-16H,1-10H3;/q-1;+1/b19-14-;. The Bertz CT molecular complexity index is 538. The number of rotatable bonds is 6. The molecule has 1 rings (SSSR count). The van der Waals surface area contributed by atoms with E-state index in [1.54, 1.807) is 0 Å². The molecule has 0 saturated carbocycles. The normalized spacial score (nSPS) is 13.2. The van der Waals surface area contributed by atoms with Crippen molar-refractivity contribution >= 4 is 21.8 Å². The van der Waals surface area contributed by atoms with Gasteiger partial charge in [0, 0.05) is 0 Å². The van der Waals surface area contributed by atoms with Crippen LogP contribution in [-0.4, -0.2) is 16.1 Å².